The number of rotatable bonds is 4. The predicted molar refractivity (Wildman–Crippen MR) is 67.2 cm³/mol. The number of aliphatic carboxylic acids is 1. The lowest BCUT2D eigenvalue weighted by Crippen LogP contribution is -2.48. The topological polar surface area (TPSA) is 78.4 Å². The largest absolute Gasteiger partial charge is 0.480 e. The van der Waals surface area contributed by atoms with Gasteiger partial charge >= 0.3 is 12.0 Å². The summed E-state index contributed by atoms with van der Waals surface area (Å²) in [5, 5.41) is 14.5. The zero-order chi connectivity index (χ0) is 13.7. The molecule has 2 aliphatic carbocycles. The van der Waals surface area contributed by atoms with Gasteiger partial charge < -0.3 is 15.7 Å². The number of carbonyl (C=O) groups is 2. The number of carboxylic acids is 1. The van der Waals surface area contributed by atoms with Crippen LogP contribution in [0.2, 0.25) is 0 Å². The average Bonchev–Trinajstić information content (AvgIpc) is 3.10. The van der Waals surface area contributed by atoms with Crippen LogP contribution in [0.5, 0.6) is 0 Å². The second kappa shape index (κ2) is 3.87. The average molecular weight is 254 g/mol. The fourth-order valence-corrected chi connectivity index (χ4v) is 2.68. The van der Waals surface area contributed by atoms with E-state index in [1.165, 1.54) is 0 Å². The van der Waals surface area contributed by atoms with Gasteiger partial charge in [0.2, 0.25) is 0 Å². The van der Waals surface area contributed by atoms with Crippen molar-refractivity contribution in [3.05, 3.63) is 0 Å². The normalized spacial score (nSPS) is 26.2. The van der Waals surface area contributed by atoms with Crippen molar-refractivity contribution in [3.63, 3.8) is 0 Å². The minimum atomic E-state index is -0.943. The SMILES string of the molecule is CC1(C)C(NC(=O)NC(C(=O)O)C2CC2)C1(C)C. The summed E-state index contributed by atoms with van der Waals surface area (Å²) in [7, 11) is 0. The van der Waals surface area contributed by atoms with Crippen LogP contribution in [-0.4, -0.2) is 29.2 Å². The molecule has 18 heavy (non-hydrogen) atoms. The van der Waals surface area contributed by atoms with Gasteiger partial charge in [-0.3, -0.25) is 0 Å². The summed E-state index contributed by atoms with van der Waals surface area (Å²) in [5.41, 5.74) is 0.116. The van der Waals surface area contributed by atoms with Crippen molar-refractivity contribution >= 4 is 12.0 Å². The summed E-state index contributed by atoms with van der Waals surface area (Å²) in [5.74, 6) is -0.838. The van der Waals surface area contributed by atoms with Crippen LogP contribution in [-0.2, 0) is 4.79 Å². The lowest BCUT2D eigenvalue weighted by molar-refractivity contribution is -0.139. The van der Waals surface area contributed by atoms with Gasteiger partial charge in [-0.2, -0.15) is 0 Å². The molecule has 5 nitrogen and oxygen atoms in total. The van der Waals surface area contributed by atoms with E-state index in [9.17, 15) is 9.59 Å². The maximum atomic E-state index is 11.8. The van der Waals surface area contributed by atoms with Gasteiger partial charge in [-0.15, -0.1) is 0 Å². The van der Waals surface area contributed by atoms with E-state index in [2.05, 4.69) is 38.3 Å². The predicted octanol–water partition coefficient (Wildman–Crippen LogP) is 1.58. The van der Waals surface area contributed by atoms with Gasteiger partial charge in [0.25, 0.3) is 0 Å². The Balaban J connectivity index is 1.88. The van der Waals surface area contributed by atoms with E-state index in [1.54, 1.807) is 0 Å². The molecule has 0 saturated heterocycles. The fourth-order valence-electron chi connectivity index (χ4n) is 2.68. The van der Waals surface area contributed by atoms with Crippen LogP contribution >= 0.6 is 0 Å². The van der Waals surface area contributed by atoms with Crippen LogP contribution in [0.1, 0.15) is 40.5 Å². The lowest BCUT2D eigenvalue weighted by atomic mass is 10.0. The molecule has 3 N–H and O–H groups in total. The lowest BCUT2D eigenvalue weighted by Gasteiger charge is -2.15. The molecule has 0 heterocycles. The maximum Gasteiger partial charge on any atom is 0.326 e. The molecule has 2 aliphatic rings. The Morgan fingerprint density at radius 1 is 1.17 bits per heavy atom. The van der Waals surface area contributed by atoms with Crippen molar-refractivity contribution in [1.82, 2.24) is 10.6 Å². The molecule has 2 amide bonds. The van der Waals surface area contributed by atoms with Crippen LogP contribution < -0.4 is 10.6 Å². The van der Waals surface area contributed by atoms with Gasteiger partial charge in [-0.05, 0) is 29.6 Å². The Morgan fingerprint density at radius 3 is 2.00 bits per heavy atom. The van der Waals surface area contributed by atoms with E-state index in [0.29, 0.717) is 0 Å². The summed E-state index contributed by atoms with van der Waals surface area (Å²) in [4.78, 5) is 22.9. The molecule has 0 bridgehead atoms. The van der Waals surface area contributed by atoms with Crippen LogP contribution in [0.15, 0.2) is 0 Å². The molecule has 5 heteroatoms. The Hall–Kier alpha value is -1.26. The minimum absolute atomic E-state index is 0.0582. The first-order valence-corrected chi connectivity index (χ1v) is 6.48. The number of nitrogens with one attached hydrogen (secondary N) is 2. The molecular weight excluding hydrogens is 232 g/mol. The quantitative estimate of drug-likeness (QED) is 0.712. The summed E-state index contributed by atoms with van der Waals surface area (Å²) in [6.07, 6.45) is 1.77. The molecular formula is C13H22N2O3. The molecule has 2 saturated carbocycles. The number of urea groups is 1. The molecule has 0 aromatic rings. The molecule has 1 atom stereocenters. The molecule has 0 aliphatic heterocycles. The first-order valence-electron chi connectivity index (χ1n) is 6.48. The highest BCUT2D eigenvalue weighted by Gasteiger charge is 2.65. The number of hydrogen-bond donors (Lipinski definition) is 3. The van der Waals surface area contributed by atoms with Crippen LogP contribution in [0.4, 0.5) is 4.79 Å². The third kappa shape index (κ3) is 2.06. The number of carbonyl (C=O) groups excluding carboxylic acids is 1. The number of amides is 2. The zero-order valence-electron chi connectivity index (χ0n) is 11.4. The van der Waals surface area contributed by atoms with Gasteiger partial charge in [0.15, 0.2) is 0 Å². The van der Waals surface area contributed by atoms with Crippen molar-refractivity contribution in [1.29, 1.82) is 0 Å². The molecule has 2 rings (SSSR count). The highest BCUT2D eigenvalue weighted by molar-refractivity contribution is 5.83. The molecule has 102 valence electrons. The van der Waals surface area contributed by atoms with Gasteiger partial charge in [0.05, 0.1) is 0 Å². The van der Waals surface area contributed by atoms with Crippen molar-refractivity contribution < 1.29 is 14.7 Å². The second-order valence-corrected chi connectivity index (χ2v) is 6.65. The van der Waals surface area contributed by atoms with Gasteiger partial charge in [-0.1, -0.05) is 27.7 Å². The summed E-state index contributed by atoms with van der Waals surface area (Å²) >= 11 is 0. The third-order valence-corrected chi connectivity index (χ3v) is 4.94. The summed E-state index contributed by atoms with van der Waals surface area (Å²) < 4.78 is 0. The molecule has 0 spiro atoms. The number of carboxylic acid groups (broad SMARTS) is 1. The highest BCUT2D eigenvalue weighted by atomic mass is 16.4. The van der Waals surface area contributed by atoms with Crippen LogP contribution in [0, 0.1) is 16.7 Å². The standard InChI is InChI=1S/C13H22N2O3/c1-12(2)10(13(12,3)4)15-11(18)14-8(9(16)17)7-5-6-7/h7-8,10H,5-6H2,1-4H3,(H,16,17)(H2,14,15,18). The fraction of sp³-hybridized carbons (Fsp3) is 0.846. The minimum Gasteiger partial charge on any atom is -0.480 e. The van der Waals surface area contributed by atoms with Crippen molar-refractivity contribution in [3.8, 4) is 0 Å². The van der Waals surface area contributed by atoms with E-state index in [4.69, 9.17) is 5.11 Å². The van der Waals surface area contributed by atoms with E-state index < -0.39 is 12.0 Å². The van der Waals surface area contributed by atoms with E-state index in [-0.39, 0.29) is 28.8 Å². The smallest absolute Gasteiger partial charge is 0.326 e. The van der Waals surface area contributed by atoms with Gasteiger partial charge in [-0.25, -0.2) is 9.59 Å². The summed E-state index contributed by atoms with van der Waals surface area (Å²) in [6.45, 7) is 8.42. The van der Waals surface area contributed by atoms with Crippen LogP contribution in [0.25, 0.3) is 0 Å². The first kappa shape index (κ1) is 13.2. The van der Waals surface area contributed by atoms with Crippen molar-refractivity contribution in [2.75, 3.05) is 0 Å². The van der Waals surface area contributed by atoms with E-state index in [1.807, 2.05) is 0 Å². The molecule has 1 unspecified atom stereocenters. The maximum absolute atomic E-state index is 11.8. The molecule has 0 aromatic heterocycles. The van der Waals surface area contributed by atoms with E-state index in [0.717, 1.165) is 12.8 Å². The first-order chi connectivity index (χ1) is 8.18. The summed E-state index contributed by atoms with van der Waals surface area (Å²) in [6, 6.07) is -1.01. The van der Waals surface area contributed by atoms with Gasteiger partial charge in [0.1, 0.15) is 6.04 Å². The highest BCUT2D eigenvalue weighted by Crippen LogP contribution is 2.62. The Morgan fingerprint density at radius 2 is 1.67 bits per heavy atom. The molecule has 2 fully saturated rings. The Labute approximate surface area is 107 Å². The second-order valence-electron chi connectivity index (χ2n) is 6.65. The Bertz CT molecular complexity index is 372. The molecule has 0 radical (unpaired) electrons. The van der Waals surface area contributed by atoms with E-state index >= 15 is 0 Å². The van der Waals surface area contributed by atoms with Gasteiger partial charge in [0, 0.05) is 6.04 Å². The zero-order valence-corrected chi connectivity index (χ0v) is 11.4. The number of hydrogen-bond acceptors (Lipinski definition) is 2. The van der Waals surface area contributed by atoms with Crippen molar-refractivity contribution in [2.45, 2.75) is 52.6 Å². The monoisotopic (exact) mass is 254 g/mol. The van der Waals surface area contributed by atoms with Crippen LogP contribution in [0.3, 0.4) is 0 Å². The molecule has 0 aromatic carbocycles. The third-order valence-electron chi connectivity index (χ3n) is 4.94. The van der Waals surface area contributed by atoms with Crippen molar-refractivity contribution in [2.24, 2.45) is 16.7 Å². The Kier molecular flexibility index (Phi) is 2.83.